The second kappa shape index (κ2) is 7.85. The molecule has 0 fully saturated rings. The van der Waals surface area contributed by atoms with Crippen molar-refractivity contribution in [3.8, 4) is 12.3 Å². The van der Waals surface area contributed by atoms with Crippen molar-refractivity contribution in [3.63, 3.8) is 0 Å². The SMILES string of the molecule is C#CCCN(CC=C=C(C)C)S(=O)(=O)c1ccc(C)cc1. The molecule has 0 saturated carbocycles. The molecule has 0 aliphatic heterocycles. The van der Waals surface area contributed by atoms with E-state index in [9.17, 15) is 8.42 Å². The van der Waals surface area contributed by atoms with Crippen molar-refractivity contribution in [2.45, 2.75) is 32.1 Å². The third-order valence-corrected chi connectivity index (χ3v) is 4.73. The molecule has 1 aromatic carbocycles. The highest BCUT2D eigenvalue weighted by Gasteiger charge is 2.22. The number of terminal acetylenes is 1. The van der Waals surface area contributed by atoms with E-state index in [2.05, 4.69) is 11.7 Å². The van der Waals surface area contributed by atoms with Gasteiger partial charge in [-0.25, -0.2) is 8.42 Å². The summed E-state index contributed by atoms with van der Waals surface area (Å²) in [6.07, 6.45) is 7.36. The van der Waals surface area contributed by atoms with Crippen LogP contribution in [0.4, 0.5) is 0 Å². The number of rotatable bonds is 6. The van der Waals surface area contributed by atoms with Crippen LogP contribution in [0.1, 0.15) is 25.8 Å². The van der Waals surface area contributed by atoms with Gasteiger partial charge >= 0.3 is 0 Å². The highest BCUT2D eigenvalue weighted by molar-refractivity contribution is 7.89. The van der Waals surface area contributed by atoms with Gasteiger partial charge < -0.3 is 0 Å². The molecule has 0 radical (unpaired) electrons. The van der Waals surface area contributed by atoms with Gasteiger partial charge in [-0.1, -0.05) is 17.7 Å². The van der Waals surface area contributed by atoms with Gasteiger partial charge in [0.25, 0.3) is 0 Å². The van der Waals surface area contributed by atoms with Crippen molar-refractivity contribution in [3.05, 3.63) is 47.2 Å². The lowest BCUT2D eigenvalue weighted by Gasteiger charge is -2.19. The fourth-order valence-corrected chi connectivity index (χ4v) is 3.09. The number of hydrogen-bond acceptors (Lipinski definition) is 2. The van der Waals surface area contributed by atoms with E-state index in [1.54, 1.807) is 30.3 Å². The lowest BCUT2D eigenvalue weighted by Crippen LogP contribution is -2.32. The summed E-state index contributed by atoms with van der Waals surface area (Å²) in [6.45, 7) is 6.31. The third kappa shape index (κ3) is 5.24. The van der Waals surface area contributed by atoms with Gasteiger partial charge in [-0.3, -0.25) is 0 Å². The fourth-order valence-electron chi connectivity index (χ4n) is 1.71. The zero-order valence-electron chi connectivity index (χ0n) is 12.8. The predicted octanol–water partition coefficient (Wildman–Crippen LogP) is 3.13. The normalized spacial score (nSPS) is 10.8. The van der Waals surface area contributed by atoms with Gasteiger partial charge in [0, 0.05) is 19.5 Å². The minimum atomic E-state index is -3.53. The van der Waals surface area contributed by atoms with Crippen molar-refractivity contribution < 1.29 is 8.42 Å². The molecule has 0 heterocycles. The van der Waals surface area contributed by atoms with E-state index in [1.807, 2.05) is 20.8 Å². The summed E-state index contributed by atoms with van der Waals surface area (Å²) in [4.78, 5) is 0.288. The lowest BCUT2D eigenvalue weighted by molar-refractivity contribution is 0.450. The maximum atomic E-state index is 12.6. The van der Waals surface area contributed by atoms with Crippen LogP contribution in [0, 0.1) is 19.3 Å². The molecule has 0 saturated heterocycles. The number of sulfonamides is 1. The van der Waals surface area contributed by atoms with Crippen LogP contribution in [-0.2, 0) is 10.0 Å². The molecule has 0 unspecified atom stereocenters. The molecule has 4 heteroatoms. The Kier molecular flexibility index (Phi) is 6.45. The summed E-state index contributed by atoms with van der Waals surface area (Å²) in [6, 6.07) is 6.83. The highest BCUT2D eigenvalue weighted by atomic mass is 32.2. The summed E-state index contributed by atoms with van der Waals surface area (Å²) in [5.41, 5.74) is 5.04. The summed E-state index contributed by atoms with van der Waals surface area (Å²) >= 11 is 0. The number of benzene rings is 1. The van der Waals surface area contributed by atoms with Crippen molar-refractivity contribution >= 4 is 10.0 Å². The van der Waals surface area contributed by atoms with E-state index in [0.717, 1.165) is 11.1 Å². The first-order valence-corrected chi connectivity index (χ1v) is 8.20. The Bertz CT molecular complexity index is 668. The standard InChI is InChI=1S/C17H21NO2S/c1-5-6-13-18(14-7-8-15(2)3)21(19,20)17-11-9-16(4)10-12-17/h1,7,9-12H,6,13-14H2,2-4H3. The average Bonchev–Trinajstić information content (AvgIpc) is 2.42. The molecule has 1 rings (SSSR count). The molecule has 1 aromatic rings. The first kappa shape index (κ1) is 17.3. The molecule has 21 heavy (non-hydrogen) atoms. The zero-order valence-corrected chi connectivity index (χ0v) is 13.6. The summed E-state index contributed by atoms with van der Waals surface area (Å²) in [5, 5.41) is 0. The van der Waals surface area contributed by atoms with Crippen molar-refractivity contribution in [2.75, 3.05) is 13.1 Å². The Hall–Kier alpha value is -1.79. The molecular weight excluding hydrogens is 282 g/mol. The molecule has 0 amide bonds. The number of hydrogen-bond donors (Lipinski definition) is 0. The Labute approximate surface area is 128 Å². The quantitative estimate of drug-likeness (QED) is 0.598. The van der Waals surface area contributed by atoms with Gasteiger partial charge in [0.15, 0.2) is 0 Å². The minimum absolute atomic E-state index is 0.267. The van der Waals surface area contributed by atoms with Gasteiger partial charge in [-0.15, -0.1) is 18.1 Å². The van der Waals surface area contributed by atoms with E-state index in [4.69, 9.17) is 6.42 Å². The Morgan fingerprint density at radius 1 is 1.29 bits per heavy atom. The maximum Gasteiger partial charge on any atom is 0.243 e. The van der Waals surface area contributed by atoms with E-state index < -0.39 is 10.0 Å². The molecule has 3 nitrogen and oxygen atoms in total. The molecule has 0 spiro atoms. The van der Waals surface area contributed by atoms with Gasteiger partial charge in [-0.05, 0) is 44.6 Å². The largest absolute Gasteiger partial charge is 0.243 e. The maximum absolute atomic E-state index is 12.6. The van der Waals surface area contributed by atoms with Crippen molar-refractivity contribution in [2.24, 2.45) is 0 Å². The molecular formula is C17H21NO2S. The molecule has 112 valence electrons. The number of nitrogens with zero attached hydrogens (tertiary/aromatic N) is 1. The smallest absolute Gasteiger partial charge is 0.207 e. The van der Waals surface area contributed by atoms with E-state index >= 15 is 0 Å². The molecule has 0 N–H and O–H groups in total. The van der Waals surface area contributed by atoms with Gasteiger partial charge in [0.2, 0.25) is 10.0 Å². The van der Waals surface area contributed by atoms with Crippen molar-refractivity contribution in [1.29, 1.82) is 0 Å². The van der Waals surface area contributed by atoms with Crippen LogP contribution >= 0.6 is 0 Å². The van der Waals surface area contributed by atoms with Crippen LogP contribution in [0.15, 0.2) is 46.5 Å². The van der Waals surface area contributed by atoms with Gasteiger partial charge in [0.05, 0.1) is 4.90 Å². The van der Waals surface area contributed by atoms with E-state index in [-0.39, 0.29) is 11.4 Å². The van der Waals surface area contributed by atoms with Crippen LogP contribution in [0.2, 0.25) is 0 Å². The zero-order chi connectivity index (χ0) is 15.9. The second-order valence-corrected chi connectivity index (χ2v) is 6.92. The van der Waals surface area contributed by atoms with Crippen LogP contribution in [0.3, 0.4) is 0 Å². The van der Waals surface area contributed by atoms with Crippen LogP contribution in [0.25, 0.3) is 0 Å². The van der Waals surface area contributed by atoms with E-state index in [1.165, 1.54) is 4.31 Å². The second-order valence-electron chi connectivity index (χ2n) is 4.98. The summed E-state index contributed by atoms with van der Waals surface area (Å²) in [7, 11) is -3.53. The number of aryl methyl sites for hydroxylation is 1. The third-order valence-electron chi connectivity index (χ3n) is 2.85. The molecule has 0 aliphatic rings. The minimum Gasteiger partial charge on any atom is -0.207 e. The average molecular weight is 303 g/mol. The molecule has 0 aromatic heterocycles. The Balaban J connectivity index is 3.08. The van der Waals surface area contributed by atoms with Crippen LogP contribution < -0.4 is 0 Å². The Morgan fingerprint density at radius 3 is 2.43 bits per heavy atom. The van der Waals surface area contributed by atoms with Crippen LogP contribution in [0.5, 0.6) is 0 Å². The van der Waals surface area contributed by atoms with Crippen LogP contribution in [-0.4, -0.2) is 25.8 Å². The van der Waals surface area contributed by atoms with Gasteiger partial charge in [-0.2, -0.15) is 4.31 Å². The highest BCUT2D eigenvalue weighted by Crippen LogP contribution is 2.16. The predicted molar refractivity (Wildman–Crippen MR) is 86.3 cm³/mol. The summed E-state index contributed by atoms with van der Waals surface area (Å²) < 4.78 is 26.6. The Morgan fingerprint density at radius 2 is 1.90 bits per heavy atom. The molecule has 0 bridgehead atoms. The topological polar surface area (TPSA) is 37.4 Å². The lowest BCUT2D eigenvalue weighted by atomic mass is 10.2. The first-order chi connectivity index (χ1) is 9.87. The molecule has 0 aliphatic carbocycles. The van der Waals surface area contributed by atoms with Crippen molar-refractivity contribution in [1.82, 2.24) is 4.31 Å². The first-order valence-electron chi connectivity index (χ1n) is 6.76. The molecule has 0 atom stereocenters. The monoisotopic (exact) mass is 303 g/mol. The van der Waals surface area contributed by atoms with Gasteiger partial charge in [0.1, 0.15) is 0 Å². The fraction of sp³-hybridized carbons (Fsp3) is 0.353. The summed E-state index contributed by atoms with van der Waals surface area (Å²) in [5.74, 6) is 2.48. The van der Waals surface area contributed by atoms with E-state index in [0.29, 0.717) is 13.0 Å².